The second kappa shape index (κ2) is 7.98. The van der Waals surface area contributed by atoms with E-state index in [4.69, 9.17) is 4.74 Å². The third-order valence-corrected chi connectivity index (χ3v) is 6.22. The number of benzene rings is 2. The van der Waals surface area contributed by atoms with Gasteiger partial charge >= 0.3 is 0 Å². The zero-order chi connectivity index (χ0) is 21.4. The lowest BCUT2D eigenvalue weighted by molar-refractivity contribution is -0.117. The van der Waals surface area contributed by atoms with Crippen molar-refractivity contribution >= 4 is 39.7 Å². The van der Waals surface area contributed by atoms with Gasteiger partial charge in [-0.25, -0.2) is 4.98 Å². The molecular formula is C23H20N4O3S. The Hall–Kier alpha value is -3.49. The number of nitrogens with zero attached hydrogens (tertiary/aromatic N) is 2. The molecule has 5 rings (SSSR count). The summed E-state index contributed by atoms with van der Waals surface area (Å²) in [5.41, 5.74) is 3.80. The molecule has 31 heavy (non-hydrogen) atoms. The fourth-order valence-electron chi connectivity index (χ4n) is 3.86. The molecule has 0 spiro atoms. The average molecular weight is 433 g/mol. The van der Waals surface area contributed by atoms with E-state index in [0.29, 0.717) is 18.8 Å². The third kappa shape index (κ3) is 3.49. The first kappa shape index (κ1) is 19.5. The minimum absolute atomic E-state index is 0.246. The fourth-order valence-corrected chi connectivity index (χ4v) is 4.69. The van der Waals surface area contributed by atoms with E-state index in [1.54, 1.807) is 12.5 Å². The van der Waals surface area contributed by atoms with Crippen molar-refractivity contribution in [3.05, 3.63) is 71.2 Å². The SMILES string of the molecule is COCCn1c(-c2nc(C(=O)NC3C(=O)Nc4ccccc43)cs2)cc2ccccc21. The normalized spacial score (nSPS) is 15.1. The number of rotatable bonds is 6. The summed E-state index contributed by atoms with van der Waals surface area (Å²) in [7, 11) is 1.68. The summed E-state index contributed by atoms with van der Waals surface area (Å²) in [5.74, 6) is -0.622. The number of ether oxygens (including phenoxy) is 1. The first-order chi connectivity index (χ1) is 15.2. The first-order valence-corrected chi connectivity index (χ1v) is 10.8. The number of methoxy groups -OCH3 is 1. The van der Waals surface area contributed by atoms with Crippen molar-refractivity contribution < 1.29 is 14.3 Å². The van der Waals surface area contributed by atoms with Crippen molar-refractivity contribution in [3.8, 4) is 10.7 Å². The van der Waals surface area contributed by atoms with Gasteiger partial charge in [0.15, 0.2) is 0 Å². The summed E-state index contributed by atoms with van der Waals surface area (Å²) in [6, 6.07) is 16.8. The van der Waals surface area contributed by atoms with Crippen LogP contribution in [-0.2, 0) is 16.1 Å². The second-order valence-corrected chi connectivity index (χ2v) is 8.11. The van der Waals surface area contributed by atoms with Gasteiger partial charge in [0.05, 0.1) is 12.3 Å². The van der Waals surface area contributed by atoms with Crippen LogP contribution in [0.25, 0.3) is 21.6 Å². The topological polar surface area (TPSA) is 85.2 Å². The molecule has 0 aliphatic carbocycles. The highest BCUT2D eigenvalue weighted by atomic mass is 32.1. The Morgan fingerprint density at radius 2 is 2.03 bits per heavy atom. The van der Waals surface area contributed by atoms with Crippen molar-refractivity contribution in [2.75, 3.05) is 19.0 Å². The Balaban J connectivity index is 1.43. The number of carbonyl (C=O) groups excluding carboxylic acids is 2. The molecule has 1 unspecified atom stereocenters. The van der Waals surface area contributed by atoms with E-state index in [1.165, 1.54) is 11.3 Å². The number of carbonyl (C=O) groups is 2. The molecule has 3 heterocycles. The van der Waals surface area contributed by atoms with Gasteiger partial charge in [-0.3, -0.25) is 9.59 Å². The summed E-state index contributed by atoms with van der Waals surface area (Å²) < 4.78 is 7.42. The number of anilines is 1. The van der Waals surface area contributed by atoms with Gasteiger partial charge in [0, 0.05) is 41.2 Å². The summed E-state index contributed by atoms with van der Waals surface area (Å²) in [4.78, 5) is 29.7. The minimum Gasteiger partial charge on any atom is -0.383 e. The number of aromatic nitrogens is 2. The Kier molecular flexibility index (Phi) is 5.01. The van der Waals surface area contributed by atoms with Crippen molar-refractivity contribution in [1.82, 2.24) is 14.9 Å². The molecule has 156 valence electrons. The van der Waals surface area contributed by atoms with Gasteiger partial charge in [-0.15, -0.1) is 11.3 Å². The van der Waals surface area contributed by atoms with Gasteiger partial charge < -0.3 is 19.9 Å². The smallest absolute Gasteiger partial charge is 0.271 e. The Labute approximate surface area is 182 Å². The largest absolute Gasteiger partial charge is 0.383 e. The van der Waals surface area contributed by atoms with Crippen molar-refractivity contribution in [1.29, 1.82) is 0 Å². The van der Waals surface area contributed by atoms with Gasteiger partial charge in [0.1, 0.15) is 16.7 Å². The lowest BCUT2D eigenvalue weighted by Gasteiger charge is -2.10. The van der Waals surface area contributed by atoms with Crippen molar-refractivity contribution in [2.45, 2.75) is 12.6 Å². The molecular weight excluding hydrogens is 412 g/mol. The van der Waals surface area contributed by atoms with Crippen LogP contribution < -0.4 is 10.6 Å². The second-order valence-electron chi connectivity index (χ2n) is 7.25. The highest BCUT2D eigenvalue weighted by Gasteiger charge is 2.32. The fraction of sp³-hybridized carbons (Fsp3) is 0.174. The molecule has 0 bridgehead atoms. The molecule has 1 aliphatic rings. The Bertz CT molecular complexity index is 1290. The van der Waals surface area contributed by atoms with E-state index in [9.17, 15) is 9.59 Å². The highest BCUT2D eigenvalue weighted by molar-refractivity contribution is 7.13. The van der Waals surface area contributed by atoms with Crippen LogP contribution in [0, 0.1) is 0 Å². The predicted molar refractivity (Wildman–Crippen MR) is 120 cm³/mol. The lowest BCUT2D eigenvalue weighted by atomic mass is 10.1. The van der Waals surface area contributed by atoms with Crippen LogP contribution in [-0.4, -0.2) is 35.1 Å². The number of hydrogen-bond acceptors (Lipinski definition) is 5. The monoisotopic (exact) mass is 432 g/mol. The molecule has 2 amide bonds. The van der Waals surface area contributed by atoms with Crippen LogP contribution in [0.5, 0.6) is 0 Å². The number of hydrogen-bond donors (Lipinski definition) is 2. The van der Waals surface area contributed by atoms with Crippen LogP contribution in [0.4, 0.5) is 5.69 Å². The van der Waals surface area contributed by atoms with Crippen molar-refractivity contribution in [2.24, 2.45) is 0 Å². The number of para-hydroxylation sites is 2. The Morgan fingerprint density at radius 3 is 2.90 bits per heavy atom. The molecule has 1 atom stereocenters. The lowest BCUT2D eigenvalue weighted by Crippen LogP contribution is -2.33. The molecule has 1 aliphatic heterocycles. The van der Waals surface area contributed by atoms with E-state index in [0.717, 1.165) is 32.9 Å². The first-order valence-electron chi connectivity index (χ1n) is 9.89. The van der Waals surface area contributed by atoms with Gasteiger partial charge in [-0.2, -0.15) is 0 Å². The molecule has 0 fully saturated rings. The third-order valence-electron chi connectivity index (χ3n) is 5.35. The van der Waals surface area contributed by atoms with E-state index >= 15 is 0 Å². The maximum atomic E-state index is 12.9. The van der Waals surface area contributed by atoms with Crippen LogP contribution in [0.15, 0.2) is 60.0 Å². The van der Waals surface area contributed by atoms with E-state index < -0.39 is 6.04 Å². The molecule has 0 radical (unpaired) electrons. The van der Waals surface area contributed by atoms with Crippen LogP contribution in [0.1, 0.15) is 22.1 Å². The maximum Gasteiger partial charge on any atom is 0.271 e. The zero-order valence-electron chi connectivity index (χ0n) is 16.8. The summed E-state index contributed by atoms with van der Waals surface area (Å²) >= 11 is 1.40. The molecule has 8 heteroatoms. The van der Waals surface area contributed by atoms with Gasteiger partial charge in [-0.05, 0) is 18.2 Å². The number of nitrogens with one attached hydrogen (secondary N) is 2. The number of thiazole rings is 1. The van der Waals surface area contributed by atoms with Crippen LogP contribution in [0.3, 0.4) is 0 Å². The van der Waals surface area contributed by atoms with Gasteiger partial charge in [0.2, 0.25) is 0 Å². The summed E-state index contributed by atoms with van der Waals surface area (Å²) in [6.45, 7) is 1.25. The van der Waals surface area contributed by atoms with Gasteiger partial charge in [-0.1, -0.05) is 36.4 Å². The average Bonchev–Trinajstić information content (AvgIpc) is 3.48. The highest BCUT2D eigenvalue weighted by Crippen LogP contribution is 2.32. The molecule has 7 nitrogen and oxygen atoms in total. The van der Waals surface area contributed by atoms with E-state index in [1.807, 2.05) is 36.4 Å². The number of amides is 2. The minimum atomic E-state index is -0.720. The van der Waals surface area contributed by atoms with E-state index in [-0.39, 0.29) is 11.8 Å². The van der Waals surface area contributed by atoms with E-state index in [2.05, 4.69) is 38.4 Å². The van der Waals surface area contributed by atoms with Crippen LogP contribution in [0.2, 0.25) is 0 Å². The molecule has 2 aromatic carbocycles. The van der Waals surface area contributed by atoms with Crippen LogP contribution >= 0.6 is 11.3 Å². The van der Waals surface area contributed by atoms with Crippen molar-refractivity contribution in [3.63, 3.8) is 0 Å². The summed E-state index contributed by atoms with van der Waals surface area (Å²) in [6.07, 6.45) is 0. The molecule has 2 aromatic heterocycles. The predicted octanol–water partition coefficient (Wildman–Crippen LogP) is 3.83. The summed E-state index contributed by atoms with van der Waals surface area (Å²) in [5, 5.41) is 9.17. The molecule has 4 aromatic rings. The number of fused-ring (bicyclic) bond motifs is 2. The zero-order valence-corrected chi connectivity index (χ0v) is 17.6. The molecule has 0 saturated carbocycles. The van der Waals surface area contributed by atoms with Gasteiger partial charge in [0.25, 0.3) is 11.8 Å². The molecule has 2 N–H and O–H groups in total. The Morgan fingerprint density at radius 1 is 1.23 bits per heavy atom. The maximum absolute atomic E-state index is 12.9. The standard InChI is InChI=1S/C23H20N4O3S/c1-30-11-10-27-18-9-5-2-6-14(18)12-19(27)23-25-17(13-31-23)21(28)26-20-15-7-3-4-8-16(15)24-22(20)29/h2-9,12-13,20H,10-11H2,1H3,(H,24,29)(H,26,28). The quantitative estimate of drug-likeness (QED) is 0.485. The molecule has 0 saturated heterocycles.